The van der Waals surface area contributed by atoms with Crippen LogP contribution in [-0.4, -0.2) is 31.2 Å². The first-order valence-corrected chi connectivity index (χ1v) is 7.77. The van der Waals surface area contributed by atoms with E-state index in [0.717, 1.165) is 5.69 Å². The summed E-state index contributed by atoms with van der Waals surface area (Å²) in [6.07, 6.45) is 0. The molecule has 9 nitrogen and oxygen atoms in total. The first kappa shape index (κ1) is 16.0. The van der Waals surface area contributed by atoms with Crippen LogP contribution >= 0.6 is 0 Å². The highest BCUT2D eigenvalue weighted by Crippen LogP contribution is 2.54. The molecule has 134 valence electrons. The average Bonchev–Trinajstić information content (AvgIpc) is 3.26. The molecule has 2 aromatic rings. The quantitative estimate of drug-likeness (QED) is 0.851. The monoisotopic (exact) mass is 356 g/mol. The number of nitrogens with one attached hydrogen (secondary N) is 1. The minimum atomic E-state index is -0.555. The number of H-pyrrole nitrogens is 1. The highest BCUT2D eigenvalue weighted by atomic mass is 16.7. The van der Waals surface area contributed by atoms with E-state index in [0.29, 0.717) is 40.0 Å². The number of hydrogen-bond acceptors (Lipinski definition) is 8. The Balaban J connectivity index is 2.03. The molecule has 1 aromatic heterocycles. The van der Waals surface area contributed by atoms with Gasteiger partial charge >= 0.3 is 0 Å². The van der Waals surface area contributed by atoms with Gasteiger partial charge in [-0.15, -0.1) is 5.10 Å². The van der Waals surface area contributed by atoms with Crippen LogP contribution in [0.5, 0.6) is 28.9 Å². The molecule has 1 aromatic carbocycles. The molecule has 1 atom stereocenters. The van der Waals surface area contributed by atoms with E-state index in [1.165, 1.54) is 14.2 Å². The van der Waals surface area contributed by atoms with Crippen molar-refractivity contribution in [2.24, 2.45) is 5.73 Å². The minimum absolute atomic E-state index is 0.00446. The molecule has 3 heterocycles. The molecular weight excluding hydrogens is 340 g/mol. The summed E-state index contributed by atoms with van der Waals surface area (Å²) in [7, 11) is 3.05. The van der Waals surface area contributed by atoms with Gasteiger partial charge in [0.05, 0.1) is 20.1 Å². The van der Waals surface area contributed by atoms with Crippen molar-refractivity contribution < 1.29 is 23.7 Å². The number of nitriles is 1. The normalized spacial score (nSPS) is 17.4. The summed E-state index contributed by atoms with van der Waals surface area (Å²) in [6.45, 7) is 1.90. The van der Waals surface area contributed by atoms with E-state index in [9.17, 15) is 5.26 Å². The van der Waals surface area contributed by atoms with E-state index in [1.807, 2.05) is 6.92 Å². The van der Waals surface area contributed by atoms with E-state index in [1.54, 1.807) is 6.07 Å². The zero-order chi connectivity index (χ0) is 18.4. The number of aromatic nitrogens is 2. The second-order valence-corrected chi connectivity index (χ2v) is 5.76. The van der Waals surface area contributed by atoms with Crippen LogP contribution in [0.4, 0.5) is 0 Å². The lowest BCUT2D eigenvalue weighted by Crippen LogP contribution is -2.21. The molecule has 0 unspecified atom stereocenters. The number of aryl methyl sites for hydroxylation is 1. The van der Waals surface area contributed by atoms with Crippen LogP contribution < -0.4 is 29.4 Å². The van der Waals surface area contributed by atoms with Crippen molar-refractivity contribution in [3.8, 4) is 34.9 Å². The van der Waals surface area contributed by atoms with Crippen LogP contribution in [-0.2, 0) is 0 Å². The van der Waals surface area contributed by atoms with Gasteiger partial charge in [0.2, 0.25) is 30.1 Å². The molecular formula is C17H16N4O5. The lowest BCUT2D eigenvalue weighted by Gasteiger charge is -2.25. The van der Waals surface area contributed by atoms with Gasteiger partial charge in [-0.25, -0.2) is 0 Å². The summed E-state index contributed by atoms with van der Waals surface area (Å²) in [5.74, 6) is 1.56. The fourth-order valence-corrected chi connectivity index (χ4v) is 3.32. The van der Waals surface area contributed by atoms with Gasteiger partial charge < -0.3 is 29.4 Å². The van der Waals surface area contributed by atoms with E-state index in [4.69, 9.17) is 29.4 Å². The molecule has 9 heteroatoms. The van der Waals surface area contributed by atoms with E-state index in [2.05, 4.69) is 16.3 Å². The summed E-state index contributed by atoms with van der Waals surface area (Å²) in [4.78, 5) is 0. The molecule has 2 aliphatic rings. The molecule has 4 rings (SSSR count). The molecule has 2 aliphatic heterocycles. The fourth-order valence-electron chi connectivity index (χ4n) is 3.32. The summed E-state index contributed by atoms with van der Waals surface area (Å²) in [5.41, 5.74) is 8.32. The van der Waals surface area contributed by atoms with Gasteiger partial charge in [-0.05, 0) is 13.0 Å². The third kappa shape index (κ3) is 2.05. The van der Waals surface area contributed by atoms with E-state index < -0.39 is 5.92 Å². The zero-order valence-electron chi connectivity index (χ0n) is 14.4. The maximum atomic E-state index is 9.70. The van der Waals surface area contributed by atoms with Crippen molar-refractivity contribution in [2.75, 3.05) is 21.0 Å². The SMILES string of the molecule is COc1cc([C@@H]2C(C#N)=C(N)Oc3n[nH]c(C)c32)c(OC)c2c1OCO2. The first-order chi connectivity index (χ1) is 12.6. The largest absolute Gasteiger partial charge is 0.493 e. The number of allylic oxidation sites excluding steroid dienone is 1. The Hall–Kier alpha value is -3.54. The molecule has 0 radical (unpaired) electrons. The number of nitrogens with two attached hydrogens (primary N) is 1. The average molecular weight is 356 g/mol. The maximum Gasteiger partial charge on any atom is 0.244 e. The van der Waals surface area contributed by atoms with E-state index >= 15 is 0 Å². The Kier molecular flexibility index (Phi) is 3.54. The van der Waals surface area contributed by atoms with Gasteiger partial charge in [-0.1, -0.05) is 0 Å². The lowest BCUT2D eigenvalue weighted by atomic mass is 9.83. The van der Waals surface area contributed by atoms with Crippen LogP contribution in [0, 0.1) is 18.3 Å². The molecule has 0 saturated heterocycles. The Morgan fingerprint density at radius 3 is 2.77 bits per heavy atom. The number of ether oxygens (including phenoxy) is 5. The summed E-state index contributed by atoms with van der Waals surface area (Å²) in [6, 6.07) is 3.89. The van der Waals surface area contributed by atoms with Crippen LogP contribution in [0.1, 0.15) is 22.7 Å². The van der Waals surface area contributed by atoms with Crippen LogP contribution in [0.15, 0.2) is 17.5 Å². The van der Waals surface area contributed by atoms with Crippen molar-refractivity contribution in [3.63, 3.8) is 0 Å². The van der Waals surface area contributed by atoms with Crippen molar-refractivity contribution in [2.45, 2.75) is 12.8 Å². The highest BCUT2D eigenvalue weighted by molar-refractivity contribution is 5.68. The van der Waals surface area contributed by atoms with Crippen molar-refractivity contribution in [1.82, 2.24) is 10.2 Å². The number of fused-ring (bicyclic) bond motifs is 2. The molecule has 3 N–H and O–H groups in total. The fraction of sp³-hybridized carbons (Fsp3) is 0.294. The first-order valence-electron chi connectivity index (χ1n) is 7.77. The number of rotatable bonds is 3. The summed E-state index contributed by atoms with van der Waals surface area (Å²) < 4.78 is 27.6. The number of hydrogen-bond donors (Lipinski definition) is 2. The Morgan fingerprint density at radius 1 is 1.31 bits per heavy atom. The number of nitrogens with zero attached hydrogens (tertiary/aromatic N) is 2. The number of benzene rings is 1. The van der Waals surface area contributed by atoms with Gasteiger partial charge in [-0.2, -0.15) is 5.26 Å². The molecule has 0 amide bonds. The summed E-state index contributed by atoms with van der Waals surface area (Å²) in [5, 5.41) is 16.7. The Bertz CT molecular complexity index is 973. The molecule has 0 aliphatic carbocycles. The van der Waals surface area contributed by atoms with Gasteiger partial charge in [-0.3, -0.25) is 5.10 Å². The number of aromatic amines is 1. The molecule has 0 bridgehead atoms. The molecule has 0 fully saturated rings. The van der Waals surface area contributed by atoms with Crippen LogP contribution in [0.2, 0.25) is 0 Å². The number of methoxy groups -OCH3 is 2. The predicted molar refractivity (Wildman–Crippen MR) is 88.3 cm³/mol. The van der Waals surface area contributed by atoms with Crippen LogP contribution in [0.25, 0.3) is 0 Å². The standard InChI is InChI=1S/C17H16N4O5/c1-7-11-12(9(5-18)16(19)26-17(11)21-20-7)8-4-10(22-2)14-15(13(8)23-3)25-6-24-14/h4,12H,6,19H2,1-3H3,(H,20,21)/t12-/m1/s1. The third-order valence-electron chi connectivity index (χ3n) is 4.46. The van der Waals surface area contributed by atoms with Crippen LogP contribution in [0.3, 0.4) is 0 Å². The maximum absolute atomic E-state index is 9.70. The van der Waals surface area contributed by atoms with Crippen molar-refractivity contribution in [3.05, 3.63) is 34.3 Å². The minimum Gasteiger partial charge on any atom is -0.493 e. The Morgan fingerprint density at radius 2 is 2.08 bits per heavy atom. The molecule has 0 saturated carbocycles. The lowest BCUT2D eigenvalue weighted by molar-refractivity contribution is 0.168. The van der Waals surface area contributed by atoms with Gasteiger partial charge in [0.25, 0.3) is 0 Å². The zero-order valence-corrected chi connectivity index (χ0v) is 14.4. The van der Waals surface area contributed by atoms with Gasteiger partial charge in [0.1, 0.15) is 11.6 Å². The highest BCUT2D eigenvalue weighted by Gasteiger charge is 2.39. The second kappa shape index (κ2) is 5.77. The summed E-state index contributed by atoms with van der Waals surface area (Å²) >= 11 is 0. The van der Waals surface area contributed by atoms with E-state index in [-0.39, 0.29) is 18.2 Å². The van der Waals surface area contributed by atoms with Gasteiger partial charge in [0, 0.05) is 16.8 Å². The van der Waals surface area contributed by atoms with Crippen molar-refractivity contribution in [1.29, 1.82) is 5.26 Å². The smallest absolute Gasteiger partial charge is 0.244 e. The topological polar surface area (TPSA) is 125 Å². The molecule has 0 spiro atoms. The van der Waals surface area contributed by atoms with Gasteiger partial charge in [0.15, 0.2) is 11.5 Å². The van der Waals surface area contributed by atoms with Crippen molar-refractivity contribution >= 4 is 0 Å². The molecule has 26 heavy (non-hydrogen) atoms. The second-order valence-electron chi connectivity index (χ2n) is 5.76. The predicted octanol–water partition coefficient (Wildman–Crippen LogP) is 1.68. The third-order valence-corrected chi connectivity index (χ3v) is 4.46. The Labute approximate surface area is 148 Å².